The topological polar surface area (TPSA) is 32.3 Å². The SMILES string of the molecule is CNC(C)c1ccc(C)c(C)c1O. The second-order valence-electron chi connectivity index (χ2n) is 3.46. The van der Waals surface area contributed by atoms with Gasteiger partial charge in [-0.15, -0.1) is 0 Å². The zero-order valence-electron chi connectivity index (χ0n) is 8.68. The molecule has 2 N–H and O–H groups in total. The monoisotopic (exact) mass is 179 g/mol. The van der Waals surface area contributed by atoms with Crippen molar-refractivity contribution in [3.8, 4) is 5.75 Å². The van der Waals surface area contributed by atoms with Gasteiger partial charge in [0.25, 0.3) is 0 Å². The first-order valence-electron chi connectivity index (χ1n) is 4.54. The van der Waals surface area contributed by atoms with Gasteiger partial charge in [0, 0.05) is 11.6 Å². The second kappa shape index (κ2) is 3.79. The van der Waals surface area contributed by atoms with Crippen molar-refractivity contribution < 1.29 is 5.11 Å². The van der Waals surface area contributed by atoms with Crippen molar-refractivity contribution >= 4 is 0 Å². The number of benzene rings is 1. The van der Waals surface area contributed by atoms with Gasteiger partial charge in [-0.1, -0.05) is 12.1 Å². The Balaban J connectivity index is 3.18. The second-order valence-corrected chi connectivity index (χ2v) is 3.46. The van der Waals surface area contributed by atoms with Crippen molar-refractivity contribution in [3.05, 3.63) is 28.8 Å². The third kappa shape index (κ3) is 1.83. The lowest BCUT2D eigenvalue weighted by Gasteiger charge is -2.15. The van der Waals surface area contributed by atoms with Crippen molar-refractivity contribution in [1.29, 1.82) is 0 Å². The molecule has 0 aliphatic heterocycles. The summed E-state index contributed by atoms with van der Waals surface area (Å²) >= 11 is 0. The molecule has 1 unspecified atom stereocenters. The summed E-state index contributed by atoms with van der Waals surface area (Å²) in [7, 11) is 1.89. The first kappa shape index (κ1) is 10.1. The van der Waals surface area contributed by atoms with Crippen LogP contribution in [0.25, 0.3) is 0 Å². The van der Waals surface area contributed by atoms with Crippen molar-refractivity contribution in [3.63, 3.8) is 0 Å². The molecule has 2 nitrogen and oxygen atoms in total. The summed E-state index contributed by atoms with van der Waals surface area (Å²) in [6.07, 6.45) is 0. The summed E-state index contributed by atoms with van der Waals surface area (Å²) in [5, 5.41) is 12.9. The minimum Gasteiger partial charge on any atom is -0.507 e. The molecule has 1 rings (SSSR count). The predicted octanol–water partition coefficient (Wildman–Crippen LogP) is 2.29. The van der Waals surface area contributed by atoms with E-state index in [9.17, 15) is 5.11 Å². The van der Waals surface area contributed by atoms with E-state index in [1.165, 1.54) is 0 Å². The molecule has 0 heterocycles. The first-order chi connectivity index (χ1) is 6.07. The van der Waals surface area contributed by atoms with Crippen LogP contribution >= 0.6 is 0 Å². The Kier molecular flexibility index (Phi) is 2.94. The minimum absolute atomic E-state index is 0.194. The van der Waals surface area contributed by atoms with Crippen LogP contribution in [0, 0.1) is 13.8 Å². The van der Waals surface area contributed by atoms with E-state index < -0.39 is 0 Å². The molecule has 0 saturated carbocycles. The lowest BCUT2D eigenvalue weighted by atomic mass is 10.0. The zero-order valence-corrected chi connectivity index (χ0v) is 8.68. The Bertz CT molecular complexity index is 307. The number of nitrogens with one attached hydrogen (secondary N) is 1. The van der Waals surface area contributed by atoms with Crippen LogP contribution in [0.5, 0.6) is 5.75 Å². The number of aromatic hydroxyl groups is 1. The van der Waals surface area contributed by atoms with E-state index in [0.29, 0.717) is 5.75 Å². The number of hydrogen-bond donors (Lipinski definition) is 2. The highest BCUT2D eigenvalue weighted by Crippen LogP contribution is 2.29. The van der Waals surface area contributed by atoms with E-state index in [2.05, 4.69) is 5.32 Å². The summed E-state index contributed by atoms with van der Waals surface area (Å²) in [6.45, 7) is 5.98. The summed E-state index contributed by atoms with van der Waals surface area (Å²) in [4.78, 5) is 0. The van der Waals surface area contributed by atoms with Crippen LogP contribution in [0.1, 0.15) is 29.7 Å². The van der Waals surface area contributed by atoms with E-state index in [0.717, 1.165) is 16.7 Å². The fraction of sp³-hybridized carbons (Fsp3) is 0.455. The molecule has 0 spiro atoms. The molecule has 0 bridgehead atoms. The van der Waals surface area contributed by atoms with Gasteiger partial charge in [-0.05, 0) is 38.9 Å². The van der Waals surface area contributed by atoms with Gasteiger partial charge in [-0.2, -0.15) is 0 Å². The summed E-state index contributed by atoms with van der Waals surface area (Å²) in [5.74, 6) is 0.418. The number of phenolic OH excluding ortho intramolecular Hbond substituents is 1. The van der Waals surface area contributed by atoms with Gasteiger partial charge in [0.1, 0.15) is 5.75 Å². The van der Waals surface area contributed by atoms with Crippen LogP contribution in [0.15, 0.2) is 12.1 Å². The van der Waals surface area contributed by atoms with Crippen molar-refractivity contribution in [2.24, 2.45) is 0 Å². The molecule has 0 aliphatic rings. The highest BCUT2D eigenvalue weighted by Gasteiger charge is 2.10. The van der Waals surface area contributed by atoms with Crippen LogP contribution in [-0.4, -0.2) is 12.2 Å². The van der Waals surface area contributed by atoms with Crippen molar-refractivity contribution in [2.45, 2.75) is 26.8 Å². The Morgan fingerprint density at radius 1 is 1.31 bits per heavy atom. The van der Waals surface area contributed by atoms with Crippen LogP contribution in [-0.2, 0) is 0 Å². The molecule has 1 aromatic carbocycles. The normalized spacial score (nSPS) is 12.9. The van der Waals surface area contributed by atoms with Gasteiger partial charge in [0.05, 0.1) is 0 Å². The molecule has 1 aromatic rings. The average molecular weight is 179 g/mol. The van der Waals surface area contributed by atoms with Crippen molar-refractivity contribution in [2.75, 3.05) is 7.05 Å². The maximum atomic E-state index is 9.84. The van der Waals surface area contributed by atoms with Gasteiger partial charge >= 0.3 is 0 Å². The molecule has 0 aromatic heterocycles. The highest BCUT2D eigenvalue weighted by molar-refractivity contribution is 5.45. The van der Waals surface area contributed by atoms with Gasteiger partial charge in [0.15, 0.2) is 0 Å². The molecule has 0 saturated heterocycles. The Morgan fingerprint density at radius 3 is 2.46 bits per heavy atom. The lowest BCUT2D eigenvalue weighted by molar-refractivity contribution is 0.453. The predicted molar refractivity (Wildman–Crippen MR) is 55.1 cm³/mol. The van der Waals surface area contributed by atoms with Gasteiger partial charge in [0.2, 0.25) is 0 Å². The molecule has 13 heavy (non-hydrogen) atoms. The quantitative estimate of drug-likeness (QED) is 0.730. The molecule has 0 amide bonds. The molecule has 1 atom stereocenters. The van der Waals surface area contributed by atoms with E-state index >= 15 is 0 Å². The van der Waals surface area contributed by atoms with Crippen LogP contribution in [0.4, 0.5) is 0 Å². The number of rotatable bonds is 2. The van der Waals surface area contributed by atoms with E-state index in [1.54, 1.807) is 0 Å². The first-order valence-corrected chi connectivity index (χ1v) is 4.54. The fourth-order valence-electron chi connectivity index (χ4n) is 1.33. The summed E-state index contributed by atoms with van der Waals surface area (Å²) < 4.78 is 0. The molecule has 2 heteroatoms. The van der Waals surface area contributed by atoms with Crippen LogP contribution in [0.2, 0.25) is 0 Å². The Labute approximate surface area is 79.6 Å². The van der Waals surface area contributed by atoms with E-state index in [1.807, 2.05) is 40.0 Å². The maximum Gasteiger partial charge on any atom is 0.123 e. The van der Waals surface area contributed by atoms with E-state index in [-0.39, 0.29) is 6.04 Å². The van der Waals surface area contributed by atoms with Crippen LogP contribution in [0.3, 0.4) is 0 Å². The lowest BCUT2D eigenvalue weighted by Crippen LogP contribution is -2.12. The van der Waals surface area contributed by atoms with Gasteiger partial charge in [-0.25, -0.2) is 0 Å². The van der Waals surface area contributed by atoms with Gasteiger partial charge < -0.3 is 10.4 Å². The molecule has 0 aliphatic carbocycles. The number of phenols is 1. The van der Waals surface area contributed by atoms with Gasteiger partial charge in [-0.3, -0.25) is 0 Å². The Morgan fingerprint density at radius 2 is 1.92 bits per heavy atom. The van der Waals surface area contributed by atoms with E-state index in [4.69, 9.17) is 0 Å². The molecular weight excluding hydrogens is 162 g/mol. The summed E-state index contributed by atoms with van der Waals surface area (Å²) in [5.41, 5.74) is 3.06. The summed E-state index contributed by atoms with van der Waals surface area (Å²) in [6, 6.07) is 4.20. The molecule has 0 radical (unpaired) electrons. The third-order valence-corrected chi connectivity index (χ3v) is 2.63. The standard InChI is InChI=1S/C11H17NO/c1-7-5-6-10(9(3)12-4)11(13)8(7)2/h5-6,9,12-13H,1-4H3. The fourth-order valence-corrected chi connectivity index (χ4v) is 1.33. The number of hydrogen-bond acceptors (Lipinski definition) is 2. The molecular formula is C11H17NO. The molecule has 72 valence electrons. The maximum absolute atomic E-state index is 9.84. The highest BCUT2D eigenvalue weighted by atomic mass is 16.3. The largest absolute Gasteiger partial charge is 0.507 e. The number of aryl methyl sites for hydroxylation is 1. The third-order valence-electron chi connectivity index (χ3n) is 2.63. The average Bonchev–Trinajstić information content (AvgIpc) is 2.13. The smallest absolute Gasteiger partial charge is 0.123 e. The zero-order chi connectivity index (χ0) is 10.0. The minimum atomic E-state index is 0.194. The van der Waals surface area contributed by atoms with Crippen molar-refractivity contribution in [1.82, 2.24) is 5.32 Å². The molecule has 0 fully saturated rings. The Hall–Kier alpha value is -1.02. The van der Waals surface area contributed by atoms with Crippen LogP contribution < -0.4 is 5.32 Å².